The zero-order valence-corrected chi connectivity index (χ0v) is 14.0. The van der Waals surface area contributed by atoms with Crippen molar-refractivity contribution in [3.8, 4) is 0 Å². The van der Waals surface area contributed by atoms with E-state index in [0.29, 0.717) is 18.4 Å². The molecule has 2 aliphatic rings. The number of aromatic nitrogens is 3. The maximum Gasteiger partial charge on any atom is 0.232 e. The Hall–Kier alpha value is -2.52. The standard InChI is InChI=1S/C16H24N8O/c17-13(8-24(18)11-4-6-25-9-11)21-16-22-14-12(3-5-19-14)15(23-16)20-7-10-1-2-10/h3,5,8,10-11H,1-2,4,6-7,9,17-18H2,(H3,19,20,21,22,23)/b13-8+. The Bertz CT molecular complexity index is 763. The minimum absolute atomic E-state index is 0.142. The first-order valence-electron chi connectivity index (χ1n) is 8.63. The number of ether oxygens (including phenoxy) is 1. The molecule has 0 radical (unpaired) electrons. The van der Waals surface area contributed by atoms with Crippen LogP contribution >= 0.6 is 0 Å². The van der Waals surface area contributed by atoms with Gasteiger partial charge in [-0.05, 0) is 31.2 Å². The van der Waals surface area contributed by atoms with Crippen molar-refractivity contribution in [1.29, 1.82) is 0 Å². The lowest BCUT2D eigenvalue weighted by Gasteiger charge is -2.21. The van der Waals surface area contributed by atoms with Crippen molar-refractivity contribution in [3.05, 3.63) is 24.3 Å². The SMILES string of the molecule is N/C(=C\N(N)C1CCOC1)Nc1nc(NCC2CC2)c2cc[nH]c2n1. The minimum atomic E-state index is 0.142. The molecule has 9 heteroatoms. The van der Waals surface area contributed by atoms with Gasteiger partial charge < -0.3 is 31.1 Å². The maximum atomic E-state index is 6.05. The highest BCUT2D eigenvalue weighted by molar-refractivity contribution is 5.88. The molecule has 1 aliphatic heterocycles. The molecule has 0 aromatic carbocycles. The zero-order valence-electron chi connectivity index (χ0n) is 14.0. The van der Waals surface area contributed by atoms with Gasteiger partial charge in [0, 0.05) is 19.3 Å². The van der Waals surface area contributed by atoms with E-state index in [1.54, 1.807) is 11.2 Å². The van der Waals surface area contributed by atoms with Gasteiger partial charge in [0.15, 0.2) is 0 Å². The molecule has 2 fully saturated rings. The summed E-state index contributed by atoms with van der Waals surface area (Å²) >= 11 is 0. The van der Waals surface area contributed by atoms with Crippen LogP contribution in [0.25, 0.3) is 11.0 Å². The third kappa shape index (κ3) is 3.77. The van der Waals surface area contributed by atoms with Crippen LogP contribution < -0.4 is 22.2 Å². The van der Waals surface area contributed by atoms with E-state index >= 15 is 0 Å². The van der Waals surface area contributed by atoms with Crippen LogP contribution in [-0.4, -0.2) is 45.8 Å². The monoisotopic (exact) mass is 344 g/mol. The Morgan fingerprint density at radius 3 is 3.04 bits per heavy atom. The summed E-state index contributed by atoms with van der Waals surface area (Å²) in [6.45, 7) is 2.27. The minimum Gasteiger partial charge on any atom is -0.384 e. The zero-order chi connectivity index (χ0) is 17.2. The third-order valence-electron chi connectivity index (χ3n) is 4.54. The highest BCUT2D eigenvalue weighted by Crippen LogP contribution is 2.30. The summed E-state index contributed by atoms with van der Waals surface area (Å²) in [4.78, 5) is 12.1. The predicted octanol–water partition coefficient (Wildman–Crippen LogP) is 0.914. The van der Waals surface area contributed by atoms with Crippen LogP contribution in [0.4, 0.5) is 11.8 Å². The number of hydrogen-bond donors (Lipinski definition) is 5. The molecule has 1 atom stereocenters. The largest absolute Gasteiger partial charge is 0.384 e. The van der Waals surface area contributed by atoms with Gasteiger partial charge in [-0.2, -0.15) is 9.97 Å². The number of fused-ring (bicyclic) bond motifs is 1. The number of nitrogens with zero attached hydrogens (tertiary/aromatic N) is 3. The first kappa shape index (κ1) is 16.0. The fourth-order valence-electron chi connectivity index (χ4n) is 2.88. The molecule has 0 spiro atoms. The lowest BCUT2D eigenvalue weighted by Crippen LogP contribution is -2.38. The summed E-state index contributed by atoms with van der Waals surface area (Å²) in [5, 5.41) is 8.98. The van der Waals surface area contributed by atoms with Crippen LogP contribution in [0.15, 0.2) is 24.3 Å². The van der Waals surface area contributed by atoms with E-state index in [9.17, 15) is 0 Å². The predicted molar refractivity (Wildman–Crippen MR) is 96.2 cm³/mol. The van der Waals surface area contributed by atoms with Crippen molar-refractivity contribution in [2.24, 2.45) is 17.5 Å². The number of aromatic amines is 1. The van der Waals surface area contributed by atoms with E-state index in [-0.39, 0.29) is 6.04 Å². The molecule has 1 aliphatic carbocycles. The van der Waals surface area contributed by atoms with Crippen molar-refractivity contribution < 1.29 is 4.74 Å². The van der Waals surface area contributed by atoms with Crippen LogP contribution in [0.2, 0.25) is 0 Å². The molecule has 0 bridgehead atoms. The average Bonchev–Trinajstić information content (AvgIpc) is 3.06. The van der Waals surface area contributed by atoms with E-state index in [2.05, 4.69) is 25.6 Å². The Balaban J connectivity index is 1.49. The maximum absolute atomic E-state index is 6.05. The fourth-order valence-corrected chi connectivity index (χ4v) is 2.88. The van der Waals surface area contributed by atoms with Gasteiger partial charge in [0.1, 0.15) is 17.3 Å². The van der Waals surface area contributed by atoms with Crippen LogP contribution in [-0.2, 0) is 4.74 Å². The number of rotatable bonds is 7. The summed E-state index contributed by atoms with van der Waals surface area (Å²) in [6.07, 6.45) is 6.96. The van der Waals surface area contributed by atoms with Gasteiger partial charge >= 0.3 is 0 Å². The van der Waals surface area contributed by atoms with Gasteiger partial charge in [-0.1, -0.05) is 0 Å². The summed E-state index contributed by atoms with van der Waals surface area (Å²) in [6, 6.07) is 2.11. The summed E-state index contributed by atoms with van der Waals surface area (Å²) < 4.78 is 5.34. The molecule has 4 rings (SSSR count). The van der Waals surface area contributed by atoms with E-state index in [1.807, 2.05) is 12.3 Å². The second-order valence-electron chi connectivity index (χ2n) is 6.63. The van der Waals surface area contributed by atoms with Gasteiger partial charge in [0.05, 0.1) is 24.2 Å². The molecular weight excluding hydrogens is 320 g/mol. The first-order chi connectivity index (χ1) is 12.2. The average molecular weight is 344 g/mol. The van der Waals surface area contributed by atoms with Crippen molar-refractivity contribution in [2.45, 2.75) is 25.3 Å². The van der Waals surface area contributed by atoms with E-state index in [1.165, 1.54) is 12.8 Å². The lowest BCUT2D eigenvalue weighted by molar-refractivity contribution is 0.168. The molecule has 2 aromatic heterocycles. The van der Waals surface area contributed by atoms with Crippen molar-refractivity contribution >= 4 is 22.8 Å². The van der Waals surface area contributed by atoms with Crippen LogP contribution in [0.5, 0.6) is 0 Å². The molecule has 2 aromatic rings. The summed E-state index contributed by atoms with van der Waals surface area (Å²) in [5.41, 5.74) is 6.81. The number of hydrazine groups is 1. The van der Waals surface area contributed by atoms with Crippen LogP contribution in [0.1, 0.15) is 19.3 Å². The first-order valence-corrected chi connectivity index (χ1v) is 8.63. The molecule has 1 saturated heterocycles. The molecular formula is C16H24N8O. The van der Waals surface area contributed by atoms with E-state index in [4.69, 9.17) is 16.3 Å². The third-order valence-corrected chi connectivity index (χ3v) is 4.54. The quantitative estimate of drug-likeness (QED) is 0.370. The van der Waals surface area contributed by atoms with Gasteiger partial charge in [-0.3, -0.25) is 0 Å². The highest BCUT2D eigenvalue weighted by Gasteiger charge is 2.22. The Labute approximate surface area is 145 Å². The normalized spacial score (nSPS) is 20.8. The molecule has 3 heterocycles. The van der Waals surface area contributed by atoms with Crippen LogP contribution in [0.3, 0.4) is 0 Å². The van der Waals surface area contributed by atoms with Gasteiger partial charge in [-0.25, -0.2) is 5.84 Å². The topological polar surface area (TPSA) is 130 Å². The number of nitrogens with one attached hydrogen (secondary N) is 3. The Morgan fingerprint density at radius 2 is 2.28 bits per heavy atom. The summed E-state index contributed by atoms with van der Waals surface area (Å²) in [5.74, 6) is 8.40. The van der Waals surface area contributed by atoms with Gasteiger partial charge in [-0.15, -0.1) is 0 Å². The van der Waals surface area contributed by atoms with Crippen molar-refractivity contribution in [2.75, 3.05) is 30.4 Å². The molecule has 25 heavy (non-hydrogen) atoms. The Morgan fingerprint density at radius 1 is 1.40 bits per heavy atom. The molecule has 9 nitrogen and oxygen atoms in total. The number of anilines is 2. The second kappa shape index (κ2) is 6.77. The number of nitrogens with two attached hydrogens (primary N) is 2. The highest BCUT2D eigenvalue weighted by atomic mass is 16.5. The second-order valence-corrected chi connectivity index (χ2v) is 6.63. The van der Waals surface area contributed by atoms with Crippen molar-refractivity contribution in [3.63, 3.8) is 0 Å². The molecule has 7 N–H and O–H groups in total. The lowest BCUT2D eigenvalue weighted by atomic mass is 10.2. The van der Waals surface area contributed by atoms with E-state index < -0.39 is 0 Å². The Kier molecular flexibility index (Phi) is 4.33. The molecule has 0 amide bonds. The fraction of sp³-hybridized carbons (Fsp3) is 0.500. The van der Waals surface area contributed by atoms with Crippen molar-refractivity contribution in [1.82, 2.24) is 20.0 Å². The van der Waals surface area contributed by atoms with E-state index in [0.717, 1.165) is 42.3 Å². The summed E-state index contributed by atoms with van der Waals surface area (Å²) in [7, 11) is 0. The molecule has 1 unspecified atom stereocenters. The number of H-pyrrole nitrogens is 1. The molecule has 1 saturated carbocycles. The van der Waals surface area contributed by atoms with Crippen LogP contribution in [0, 0.1) is 5.92 Å². The smallest absolute Gasteiger partial charge is 0.232 e. The molecule has 134 valence electrons. The van der Waals surface area contributed by atoms with Gasteiger partial charge in [0.2, 0.25) is 5.95 Å². The number of hydrogen-bond acceptors (Lipinski definition) is 8. The van der Waals surface area contributed by atoms with Gasteiger partial charge in [0.25, 0.3) is 0 Å².